The fourth-order valence-corrected chi connectivity index (χ4v) is 3.45. The summed E-state index contributed by atoms with van der Waals surface area (Å²) in [5.74, 6) is 1.74. The Labute approximate surface area is 153 Å². The minimum atomic E-state index is -0.399. The Morgan fingerprint density at radius 2 is 2.23 bits per heavy atom. The van der Waals surface area contributed by atoms with Crippen molar-refractivity contribution in [3.8, 4) is 5.75 Å². The molecule has 0 spiro atoms. The summed E-state index contributed by atoms with van der Waals surface area (Å²) >= 11 is 0. The highest BCUT2D eigenvalue weighted by Crippen LogP contribution is 2.44. The van der Waals surface area contributed by atoms with E-state index in [2.05, 4.69) is 28.2 Å². The van der Waals surface area contributed by atoms with Gasteiger partial charge in [-0.05, 0) is 60.8 Å². The maximum atomic E-state index is 11.8. The highest BCUT2D eigenvalue weighted by Gasteiger charge is 2.27. The first-order chi connectivity index (χ1) is 12.8. The number of carbonyl (C=O) groups excluding carboxylic acids is 1. The number of carbonyl (C=O) groups is 1. The molecule has 1 aromatic heterocycles. The first-order valence-corrected chi connectivity index (χ1v) is 9.07. The van der Waals surface area contributed by atoms with Crippen LogP contribution >= 0.6 is 0 Å². The standard InChI is InChI=1S/C21H22N2O3/c1-25-21(24)18-7-9-22-13-19(18)23-10-6-15-8-11-26-20-12-16(14-2-3-14)4-5-17(15)20/h4-5,7,9-10,12-15H,2-3,6,8,11H2,1H3. The normalized spacial score (nSPS) is 19.0. The Bertz CT molecular complexity index is 843. The number of aliphatic imine (C=N–C) groups is 1. The van der Waals surface area contributed by atoms with Gasteiger partial charge in [-0.25, -0.2) is 4.79 Å². The average molecular weight is 350 g/mol. The van der Waals surface area contributed by atoms with Gasteiger partial charge in [-0.3, -0.25) is 9.98 Å². The lowest BCUT2D eigenvalue weighted by Crippen LogP contribution is -2.14. The summed E-state index contributed by atoms with van der Waals surface area (Å²) in [6, 6.07) is 8.30. The van der Waals surface area contributed by atoms with Crippen LogP contribution in [-0.4, -0.2) is 30.9 Å². The van der Waals surface area contributed by atoms with Crippen LogP contribution in [0.3, 0.4) is 0 Å². The molecule has 0 radical (unpaired) electrons. The van der Waals surface area contributed by atoms with Crippen molar-refractivity contribution in [3.63, 3.8) is 0 Å². The molecule has 2 heterocycles. The molecule has 0 saturated heterocycles. The third kappa shape index (κ3) is 3.47. The SMILES string of the molecule is COC(=O)c1ccncc1N=CCC1CCOc2cc(C3CC3)ccc21. The lowest BCUT2D eigenvalue weighted by Gasteiger charge is -2.25. The lowest BCUT2D eigenvalue weighted by atomic mass is 9.89. The summed E-state index contributed by atoms with van der Waals surface area (Å²) in [4.78, 5) is 20.3. The van der Waals surface area contributed by atoms with Crippen LogP contribution in [0, 0.1) is 0 Å². The summed E-state index contributed by atoms with van der Waals surface area (Å²) in [6.45, 7) is 0.736. The maximum Gasteiger partial charge on any atom is 0.340 e. The van der Waals surface area contributed by atoms with Gasteiger partial charge < -0.3 is 9.47 Å². The Morgan fingerprint density at radius 3 is 3.04 bits per heavy atom. The summed E-state index contributed by atoms with van der Waals surface area (Å²) in [7, 11) is 1.37. The van der Waals surface area contributed by atoms with E-state index in [1.165, 1.54) is 31.1 Å². The van der Waals surface area contributed by atoms with Crippen LogP contribution in [0.1, 0.15) is 59.0 Å². The van der Waals surface area contributed by atoms with E-state index in [0.29, 0.717) is 17.2 Å². The van der Waals surface area contributed by atoms with Crippen LogP contribution in [-0.2, 0) is 4.74 Å². The van der Waals surface area contributed by atoms with E-state index in [9.17, 15) is 4.79 Å². The van der Waals surface area contributed by atoms with Gasteiger partial charge >= 0.3 is 5.97 Å². The van der Waals surface area contributed by atoms with Gasteiger partial charge in [0.15, 0.2) is 0 Å². The van der Waals surface area contributed by atoms with Crippen molar-refractivity contribution in [1.29, 1.82) is 0 Å². The van der Waals surface area contributed by atoms with E-state index in [0.717, 1.165) is 31.1 Å². The number of nitrogens with zero attached hydrogens (tertiary/aromatic N) is 2. The Hall–Kier alpha value is -2.69. The first kappa shape index (κ1) is 16.8. The summed E-state index contributed by atoms with van der Waals surface area (Å²) < 4.78 is 10.7. The van der Waals surface area contributed by atoms with Crippen molar-refractivity contribution in [2.45, 2.75) is 37.5 Å². The molecular formula is C21H22N2O3. The highest BCUT2D eigenvalue weighted by molar-refractivity contribution is 5.95. The Kier molecular flexibility index (Phi) is 4.69. The number of rotatable bonds is 5. The van der Waals surface area contributed by atoms with E-state index >= 15 is 0 Å². The van der Waals surface area contributed by atoms with E-state index in [-0.39, 0.29) is 0 Å². The molecule has 5 heteroatoms. The van der Waals surface area contributed by atoms with Crippen LogP contribution in [0.2, 0.25) is 0 Å². The topological polar surface area (TPSA) is 60.8 Å². The molecule has 4 rings (SSSR count). The number of hydrogen-bond donors (Lipinski definition) is 0. The number of aromatic nitrogens is 1. The van der Waals surface area contributed by atoms with Crippen molar-refractivity contribution < 1.29 is 14.3 Å². The van der Waals surface area contributed by atoms with Gasteiger partial charge in [-0.15, -0.1) is 0 Å². The molecule has 1 aliphatic heterocycles. The molecule has 1 atom stereocenters. The number of pyridine rings is 1. The second-order valence-electron chi connectivity index (χ2n) is 6.84. The predicted octanol–water partition coefficient (Wildman–Crippen LogP) is 4.40. The number of ether oxygens (including phenoxy) is 2. The fourth-order valence-electron chi connectivity index (χ4n) is 3.45. The van der Waals surface area contributed by atoms with Crippen molar-refractivity contribution in [2.24, 2.45) is 4.99 Å². The predicted molar refractivity (Wildman–Crippen MR) is 99.6 cm³/mol. The van der Waals surface area contributed by atoms with Crippen molar-refractivity contribution in [2.75, 3.05) is 13.7 Å². The van der Waals surface area contributed by atoms with Crippen molar-refractivity contribution in [3.05, 3.63) is 53.3 Å². The average Bonchev–Trinajstić information content (AvgIpc) is 3.53. The second-order valence-corrected chi connectivity index (χ2v) is 6.84. The molecule has 0 N–H and O–H groups in total. The van der Waals surface area contributed by atoms with Gasteiger partial charge in [-0.2, -0.15) is 0 Å². The van der Waals surface area contributed by atoms with Gasteiger partial charge in [0, 0.05) is 12.4 Å². The molecule has 1 saturated carbocycles. The maximum absolute atomic E-state index is 11.8. The van der Waals surface area contributed by atoms with E-state index < -0.39 is 5.97 Å². The third-order valence-corrected chi connectivity index (χ3v) is 5.08. The molecular weight excluding hydrogens is 328 g/mol. The zero-order chi connectivity index (χ0) is 17.9. The molecule has 0 amide bonds. The third-order valence-electron chi connectivity index (χ3n) is 5.08. The summed E-state index contributed by atoms with van der Waals surface area (Å²) in [5, 5.41) is 0. The number of hydrogen-bond acceptors (Lipinski definition) is 5. The molecule has 0 bridgehead atoms. The molecule has 26 heavy (non-hydrogen) atoms. The van der Waals surface area contributed by atoms with Crippen LogP contribution in [0.4, 0.5) is 5.69 Å². The number of benzene rings is 1. The van der Waals surface area contributed by atoms with E-state index in [1.54, 1.807) is 18.5 Å². The molecule has 5 nitrogen and oxygen atoms in total. The molecule has 134 valence electrons. The summed E-state index contributed by atoms with van der Waals surface area (Å²) in [6.07, 6.45) is 9.39. The zero-order valence-electron chi connectivity index (χ0n) is 14.9. The molecule has 2 aliphatic rings. The monoisotopic (exact) mass is 350 g/mol. The minimum absolute atomic E-state index is 0.383. The van der Waals surface area contributed by atoms with Gasteiger partial charge in [0.1, 0.15) is 5.75 Å². The smallest absolute Gasteiger partial charge is 0.340 e. The zero-order valence-corrected chi connectivity index (χ0v) is 14.9. The van der Waals surface area contributed by atoms with Crippen molar-refractivity contribution >= 4 is 17.9 Å². The minimum Gasteiger partial charge on any atom is -0.493 e. The van der Waals surface area contributed by atoms with E-state index in [4.69, 9.17) is 9.47 Å². The molecule has 1 unspecified atom stereocenters. The van der Waals surface area contributed by atoms with Crippen LogP contribution < -0.4 is 4.74 Å². The van der Waals surface area contributed by atoms with Gasteiger partial charge in [0.05, 0.1) is 31.2 Å². The Morgan fingerprint density at radius 1 is 1.35 bits per heavy atom. The van der Waals surface area contributed by atoms with Gasteiger partial charge in [0.2, 0.25) is 0 Å². The summed E-state index contributed by atoms with van der Waals surface area (Å²) in [5.41, 5.74) is 3.62. The molecule has 1 fully saturated rings. The Balaban J connectivity index is 1.49. The number of fused-ring (bicyclic) bond motifs is 1. The second kappa shape index (κ2) is 7.28. The molecule has 1 aliphatic carbocycles. The molecule has 1 aromatic carbocycles. The van der Waals surface area contributed by atoms with E-state index in [1.807, 2.05) is 6.21 Å². The van der Waals surface area contributed by atoms with Gasteiger partial charge in [0.25, 0.3) is 0 Å². The van der Waals surface area contributed by atoms with Gasteiger partial charge in [-0.1, -0.05) is 12.1 Å². The number of methoxy groups -OCH3 is 1. The van der Waals surface area contributed by atoms with Crippen molar-refractivity contribution in [1.82, 2.24) is 4.98 Å². The first-order valence-electron chi connectivity index (χ1n) is 9.07. The van der Waals surface area contributed by atoms with Crippen LogP contribution in [0.25, 0.3) is 0 Å². The van der Waals surface area contributed by atoms with Crippen LogP contribution in [0.15, 0.2) is 41.7 Å². The lowest BCUT2D eigenvalue weighted by molar-refractivity contribution is 0.0601. The quantitative estimate of drug-likeness (QED) is 0.592. The highest BCUT2D eigenvalue weighted by atomic mass is 16.5. The largest absolute Gasteiger partial charge is 0.493 e. The fraction of sp³-hybridized carbons (Fsp3) is 0.381. The number of esters is 1. The van der Waals surface area contributed by atoms with Crippen LogP contribution in [0.5, 0.6) is 5.75 Å². The molecule has 2 aromatic rings.